The molecule has 0 unspecified atom stereocenters. The average Bonchev–Trinajstić information content (AvgIpc) is 2.97. The highest BCUT2D eigenvalue weighted by Gasteiger charge is 2.37. The fourth-order valence-electron chi connectivity index (χ4n) is 2.72. The van der Waals surface area contributed by atoms with Crippen molar-refractivity contribution >= 4 is 29.4 Å². The van der Waals surface area contributed by atoms with Gasteiger partial charge in [0.15, 0.2) is 6.61 Å². The van der Waals surface area contributed by atoms with Crippen molar-refractivity contribution in [3.63, 3.8) is 0 Å². The van der Waals surface area contributed by atoms with Gasteiger partial charge in [-0.05, 0) is 42.5 Å². The number of nitrogens with one attached hydrogen (secondary N) is 1. The fraction of sp³-hybridized carbons (Fsp3) is 0.150. The molecule has 8 nitrogen and oxygen atoms in total. The third-order valence-corrected chi connectivity index (χ3v) is 4.10. The fourth-order valence-corrected chi connectivity index (χ4v) is 2.72. The maximum Gasteiger partial charge on any atom is 0.338 e. The Morgan fingerprint density at radius 1 is 1.07 bits per heavy atom. The van der Waals surface area contributed by atoms with Gasteiger partial charge in [-0.25, -0.2) is 14.1 Å². The van der Waals surface area contributed by atoms with Crippen LogP contribution in [-0.2, 0) is 9.53 Å². The van der Waals surface area contributed by atoms with Crippen LogP contribution in [0, 0.1) is 17.1 Å². The van der Waals surface area contributed by atoms with Gasteiger partial charge in [0.25, 0.3) is 17.7 Å². The molecule has 1 N–H and O–H groups in total. The van der Waals surface area contributed by atoms with Gasteiger partial charge in [0, 0.05) is 6.54 Å². The van der Waals surface area contributed by atoms with Crippen LogP contribution in [0.4, 0.5) is 10.1 Å². The van der Waals surface area contributed by atoms with E-state index in [2.05, 4.69) is 5.32 Å². The minimum atomic E-state index is -0.844. The van der Waals surface area contributed by atoms with Gasteiger partial charge in [0.1, 0.15) is 5.82 Å². The molecule has 0 aliphatic carbocycles. The van der Waals surface area contributed by atoms with Crippen molar-refractivity contribution in [1.29, 1.82) is 5.26 Å². The molecule has 0 saturated heterocycles. The zero-order valence-corrected chi connectivity index (χ0v) is 15.0. The molecule has 1 aliphatic heterocycles. The number of fused-ring (bicyclic) bond motifs is 1. The summed E-state index contributed by atoms with van der Waals surface area (Å²) >= 11 is 0. The number of hydrogen-bond acceptors (Lipinski definition) is 6. The van der Waals surface area contributed by atoms with Crippen molar-refractivity contribution < 1.29 is 28.3 Å². The van der Waals surface area contributed by atoms with E-state index in [0.717, 1.165) is 17.0 Å². The lowest BCUT2D eigenvalue weighted by Crippen LogP contribution is -2.29. The molecule has 2 aromatic rings. The summed E-state index contributed by atoms with van der Waals surface area (Å²) in [4.78, 5) is 49.8. The number of nitriles is 1. The monoisotopic (exact) mass is 395 g/mol. The number of anilines is 1. The van der Waals surface area contributed by atoms with Crippen LogP contribution >= 0.6 is 0 Å². The van der Waals surface area contributed by atoms with Crippen LogP contribution in [0.15, 0.2) is 42.5 Å². The third-order valence-electron chi connectivity index (χ3n) is 4.10. The zero-order valence-electron chi connectivity index (χ0n) is 15.0. The first-order valence-corrected chi connectivity index (χ1v) is 8.51. The molecule has 29 heavy (non-hydrogen) atoms. The van der Waals surface area contributed by atoms with Crippen LogP contribution in [0.3, 0.4) is 0 Å². The van der Waals surface area contributed by atoms with Gasteiger partial charge >= 0.3 is 5.97 Å². The van der Waals surface area contributed by atoms with Gasteiger partial charge in [0.2, 0.25) is 0 Å². The van der Waals surface area contributed by atoms with Crippen molar-refractivity contribution in [2.45, 2.75) is 6.42 Å². The maximum absolute atomic E-state index is 13.1. The normalized spacial score (nSPS) is 12.3. The van der Waals surface area contributed by atoms with Crippen LogP contribution < -0.4 is 10.2 Å². The van der Waals surface area contributed by atoms with E-state index in [1.165, 1.54) is 30.3 Å². The van der Waals surface area contributed by atoms with E-state index in [1.54, 1.807) is 0 Å². The van der Waals surface area contributed by atoms with Crippen molar-refractivity contribution in [3.8, 4) is 6.07 Å². The molecule has 146 valence electrons. The number of carbonyl (C=O) groups is 4. The summed E-state index contributed by atoms with van der Waals surface area (Å²) in [5.41, 5.74) is 0.309. The minimum absolute atomic E-state index is 0.00400. The average molecular weight is 395 g/mol. The van der Waals surface area contributed by atoms with Gasteiger partial charge in [-0.2, -0.15) is 5.26 Å². The summed E-state index contributed by atoms with van der Waals surface area (Å²) in [6, 6.07) is 10.6. The number of esters is 1. The predicted octanol–water partition coefficient (Wildman–Crippen LogP) is 1.81. The van der Waals surface area contributed by atoms with Crippen molar-refractivity contribution in [1.82, 2.24) is 5.32 Å². The molecule has 2 aromatic carbocycles. The van der Waals surface area contributed by atoms with Gasteiger partial charge in [-0.15, -0.1) is 0 Å². The smallest absolute Gasteiger partial charge is 0.338 e. The second-order valence-corrected chi connectivity index (χ2v) is 6.02. The molecule has 0 atom stereocenters. The molecule has 3 rings (SSSR count). The molecule has 1 heterocycles. The number of rotatable bonds is 6. The molecule has 0 radical (unpaired) electrons. The first-order chi connectivity index (χ1) is 13.9. The lowest BCUT2D eigenvalue weighted by atomic mass is 10.1. The van der Waals surface area contributed by atoms with Gasteiger partial charge < -0.3 is 10.1 Å². The maximum atomic E-state index is 13.1. The van der Waals surface area contributed by atoms with Crippen molar-refractivity contribution in [2.75, 3.05) is 18.1 Å². The van der Waals surface area contributed by atoms with Crippen LogP contribution in [0.25, 0.3) is 0 Å². The number of ether oxygens (including phenoxy) is 1. The first-order valence-electron chi connectivity index (χ1n) is 8.51. The van der Waals surface area contributed by atoms with E-state index >= 15 is 0 Å². The molecule has 0 saturated carbocycles. The summed E-state index contributed by atoms with van der Waals surface area (Å²) < 4.78 is 18.0. The summed E-state index contributed by atoms with van der Waals surface area (Å²) in [6.07, 6.45) is 0.130. The molecule has 0 fully saturated rings. The summed E-state index contributed by atoms with van der Waals surface area (Å²) in [5.74, 6) is -3.16. The number of hydrogen-bond donors (Lipinski definition) is 1. The highest BCUT2D eigenvalue weighted by molar-refractivity contribution is 6.34. The largest absolute Gasteiger partial charge is 0.452 e. The van der Waals surface area contributed by atoms with E-state index in [0.29, 0.717) is 0 Å². The summed E-state index contributed by atoms with van der Waals surface area (Å²) in [6.45, 7) is -0.405. The van der Waals surface area contributed by atoms with E-state index in [1.807, 2.05) is 6.07 Å². The quantitative estimate of drug-likeness (QED) is 0.453. The van der Waals surface area contributed by atoms with Gasteiger partial charge in [0.05, 0.1) is 34.9 Å². The summed E-state index contributed by atoms with van der Waals surface area (Å²) in [5, 5.41) is 10.8. The molecular weight excluding hydrogens is 381 g/mol. The first kappa shape index (κ1) is 19.7. The van der Waals surface area contributed by atoms with Gasteiger partial charge in [-0.1, -0.05) is 0 Å². The van der Waals surface area contributed by atoms with Crippen LogP contribution in [0.1, 0.15) is 37.5 Å². The topological polar surface area (TPSA) is 117 Å². The minimum Gasteiger partial charge on any atom is -0.452 e. The molecule has 0 aromatic heterocycles. The van der Waals surface area contributed by atoms with E-state index in [-0.39, 0.29) is 35.3 Å². The molecule has 0 bridgehead atoms. The zero-order chi connectivity index (χ0) is 21.0. The van der Waals surface area contributed by atoms with E-state index in [9.17, 15) is 23.6 Å². The molecule has 0 spiro atoms. The third kappa shape index (κ3) is 4.11. The Labute approximate surface area is 164 Å². The van der Waals surface area contributed by atoms with E-state index in [4.69, 9.17) is 10.00 Å². The molecule has 1 aliphatic rings. The number of imide groups is 1. The number of benzene rings is 2. The standard InChI is InChI=1S/C20H14FN3O5/c21-13-3-5-14(6-4-13)24-18(26)15-7-2-12(10-16(15)19(24)27)20(28)29-11-17(25)23-9-1-8-22/h2-7,10H,1,9,11H2,(H,23,25). The lowest BCUT2D eigenvalue weighted by Gasteiger charge is -2.13. The highest BCUT2D eigenvalue weighted by atomic mass is 19.1. The highest BCUT2D eigenvalue weighted by Crippen LogP contribution is 2.29. The number of halogens is 1. The Balaban J connectivity index is 1.72. The summed E-state index contributed by atoms with van der Waals surface area (Å²) in [7, 11) is 0. The number of nitrogens with zero attached hydrogens (tertiary/aromatic N) is 2. The Kier molecular flexibility index (Phi) is 5.64. The predicted molar refractivity (Wildman–Crippen MR) is 97.5 cm³/mol. The second kappa shape index (κ2) is 8.31. The number of amides is 3. The van der Waals surface area contributed by atoms with Crippen molar-refractivity contribution in [3.05, 3.63) is 65.0 Å². The van der Waals surface area contributed by atoms with Gasteiger partial charge in [-0.3, -0.25) is 14.4 Å². The van der Waals surface area contributed by atoms with E-state index < -0.39 is 36.1 Å². The van der Waals surface area contributed by atoms with Crippen LogP contribution in [0.2, 0.25) is 0 Å². The lowest BCUT2D eigenvalue weighted by molar-refractivity contribution is -0.124. The number of carbonyl (C=O) groups excluding carboxylic acids is 4. The Morgan fingerprint density at radius 3 is 2.45 bits per heavy atom. The Hall–Kier alpha value is -4.06. The van der Waals surface area contributed by atoms with Crippen LogP contribution in [0.5, 0.6) is 0 Å². The Morgan fingerprint density at radius 2 is 1.76 bits per heavy atom. The molecule has 3 amide bonds. The Bertz CT molecular complexity index is 1040. The van der Waals surface area contributed by atoms with Crippen molar-refractivity contribution in [2.24, 2.45) is 0 Å². The second-order valence-electron chi connectivity index (χ2n) is 6.02. The molecule has 9 heteroatoms. The molecular formula is C20H14FN3O5. The SMILES string of the molecule is N#CCCNC(=O)COC(=O)c1ccc2c(c1)C(=O)N(c1ccc(F)cc1)C2=O. The van der Waals surface area contributed by atoms with Crippen LogP contribution in [-0.4, -0.2) is 36.8 Å².